The third kappa shape index (κ3) is 3.91. The van der Waals surface area contributed by atoms with Crippen molar-refractivity contribution in [2.24, 2.45) is 0 Å². The molecule has 0 aliphatic rings. The minimum absolute atomic E-state index is 0.225. The zero-order valence-corrected chi connectivity index (χ0v) is 8.75. The van der Waals surface area contributed by atoms with Gasteiger partial charge in [-0.3, -0.25) is 9.59 Å². The van der Waals surface area contributed by atoms with Gasteiger partial charge in [0.15, 0.2) is 0 Å². The Morgan fingerprint density at radius 2 is 2.38 bits per heavy atom. The van der Waals surface area contributed by atoms with Crippen LogP contribution in [-0.2, 0) is 22.7 Å². The number of carboxylic acid groups (broad SMARTS) is 1. The number of carboxylic acids is 1. The standard InChI is InChI=1S/C9H12N4O3/c1-2-3-8(14)10-4-7-5-13(12-11-7)6-9(15)16/h2-3,5H,4,6H2,1H3,(H,10,14)(H,15,16)/b3-2+. The second-order valence-corrected chi connectivity index (χ2v) is 3.02. The first-order chi connectivity index (χ1) is 7.61. The molecule has 0 aliphatic heterocycles. The summed E-state index contributed by atoms with van der Waals surface area (Å²) in [6.45, 7) is 1.72. The largest absolute Gasteiger partial charge is 0.480 e. The van der Waals surface area contributed by atoms with E-state index in [1.165, 1.54) is 17.0 Å². The second kappa shape index (κ2) is 5.64. The number of nitrogens with one attached hydrogen (secondary N) is 1. The number of aromatic nitrogens is 3. The number of carbonyl (C=O) groups excluding carboxylic acids is 1. The van der Waals surface area contributed by atoms with Crippen LogP contribution >= 0.6 is 0 Å². The molecule has 0 aliphatic carbocycles. The molecular weight excluding hydrogens is 212 g/mol. The normalized spacial score (nSPS) is 10.6. The third-order valence-electron chi connectivity index (χ3n) is 1.65. The molecule has 86 valence electrons. The summed E-state index contributed by atoms with van der Waals surface area (Å²) in [6, 6.07) is 0. The van der Waals surface area contributed by atoms with Gasteiger partial charge in [0.25, 0.3) is 0 Å². The summed E-state index contributed by atoms with van der Waals surface area (Å²) in [5.41, 5.74) is 0.513. The van der Waals surface area contributed by atoms with Gasteiger partial charge in [0.2, 0.25) is 5.91 Å². The predicted molar refractivity (Wildman–Crippen MR) is 54.3 cm³/mol. The fourth-order valence-electron chi connectivity index (χ4n) is 1.02. The van der Waals surface area contributed by atoms with Crippen LogP contribution in [0.1, 0.15) is 12.6 Å². The fraction of sp³-hybridized carbons (Fsp3) is 0.333. The molecule has 0 saturated carbocycles. The maximum Gasteiger partial charge on any atom is 0.325 e. The number of carbonyl (C=O) groups is 2. The Labute approximate surface area is 91.8 Å². The average Bonchev–Trinajstić information content (AvgIpc) is 2.62. The van der Waals surface area contributed by atoms with E-state index in [2.05, 4.69) is 15.6 Å². The zero-order valence-electron chi connectivity index (χ0n) is 8.75. The molecule has 2 N–H and O–H groups in total. The molecule has 0 saturated heterocycles. The van der Waals surface area contributed by atoms with Crippen LogP contribution in [0.4, 0.5) is 0 Å². The predicted octanol–water partition coefficient (Wildman–Crippen LogP) is -0.445. The Kier molecular flexibility index (Phi) is 4.19. The van der Waals surface area contributed by atoms with Crippen LogP contribution in [0.3, 0.4) is 0 Å². The topological polar surface area (TPSA) is 97.1 Å². The number of rotatable bonds is 5. The van der Waals surface area contributed by atoms with E-state index in [0.717, 1.165) is 0 Å². The van der Waals surface area contributed by atoms with E-state index in [4.69, 9.17) is 5.11 Å². The molecule has 0 radical (unpaired) electrons. The van der Waals surface area contributed by atoms with E-state index in [1.54, 1.807) is 13.0 Å². The molecule has 1 aromatic rings. The lowest BCUT2D eigenvalue weighted by Crippen LogP contribution is -2.20. The highest BCUT2D eigenvalue weighted by Gasteiger charge is 2.04. The Bertz CT molecular complexity index is 411. The van der Waals surface area contributed by atoms with Crippen molar-refractivity contribution in [3.05, 3.63) is 24.0 Å². The quantitative estimate of drug-likeness (QED) is 0.660. The summed E-state index contributed by atoms with van der Waals surface area (Å²) >= 11 is 0. The molecule has 1 amide bonds. The summed E-state index contributed by atoms with van der Waals surface area (Å²) in [6.07, 6.45) is 4.49. The van der Waals surface area contributed by atoms with E-state index >= 15 is 0 Å². The van der Waals surface area contributed by atoms with E-state index < -0.39 is 5.97 Å². The monoisotopic (exact) mass is 224 g/mol. The third-order valence-corrected chi connectivity index (χ3v) is 1.65. The van der Waals surface area contributed by atoms with Gasteiger partial charge in [-0.05, 0) is 13.0 Å². The fourth-order valence-corrected chi connectivity index (χ4v) is 1.02. The minimum Gasteiger partial charge on any atom is -0.480 e. The second-order valence-electron chi connectivity index (χ2n) is 3.02. The molecule has 7 heteroatoms. The molecule has 16 heavy (non-hydrogen) atoms. The van der Waals surface area contributed by atoms with Gasteiger partial charge in [-0.25, -0.2) is 4.68 Å². The van der Waals surface area contributed by atoms with E-state index in [-0.39, 0.29) is 19.0 Å². The highest BCUT2D eigenvalue weighted by atomic mass is 16.4. The molecule has 1 aromatic heterocycles. The summed E-state index contributed by atoms with van der Waals surface area (Å²) < 4.78 is 1.19. The number of allylic oxidation sites excluding steroid dienone is 1. The molecule has 1 rings (SSSR count). The molecule has 0 aromatic carbocycles. The molecule has 0 fully saturated rings. The van der Waals surface area contributed by atoms with E-state index in [0.29, 0.717) is 5.69 Å². The lowest BCUT2D eigenvalue weighted by molar-refractivity contribution is -0.137. The lowest BCUT2D eigenvalue weighted by atomic mass is 10.4. The van der Waals surface area contributed by atoms with Crippen molar-refractivity contribution in [2.45, 2.75) is 20.0 Å². The molecule has 0 spiro atoms. The van der Waals surface area contributed by atoms with Crippen LogP contribution in [0.25, 0.3) is 0 Å². The van der Waals surface area contributed by atoms with Gasteiger partial charge in [-0.2, -0.15) is 0 Å². The van der Waals surface area contributed by atoms with Gasteiger partial charge in [0.1, 0.15) is 12.2 Å². The Hall–Kier alpha value is -2.18. The van der Waals surface area contributed by atoms with Gasteiger partial charge in [-0.15, -0.1) is 5.10 Å². The van der Waals surface area contributed by atoms with Crippen molar-refractivity contribution in [2.75, 3.05) is 0 Å². The summed E-state index contributed by atoms with van der Waals surface area (Å²) in [5.74, 6) is -1.22. The Morgan fingerprint density at radius 1 is 1.62 bits per heavy atom. The maximum absolute atomic E-state index is 11.1. The summed E-state index contributed by atoms with van der Waals surface area (Å²) in [7, 11) is 0. The first-order valence-corrected chi connectivity index (χ1v) is 4.63. The van der Waals surface area contributed by atoms with Crippen molar-refractivity contribution in [1.29, 1.82) is 0 Å². The number of aliphatic carboxylic acids is 1. The first kappa shape index (κ1) is 11.9. The summed E-state index contributed by atoms with van der Waals surface area (Å²) in [4.78, 5) is 21.4. The van der Waals surface area contributed by atoms with Crippen LogP contribution in [0, 0.1) is 0 Å². The Balaban J connectivity index is 2.46. The van der Waals surface area contributed by atoms with Crippen LogP contribution in [-0.4, -0.2) is 32.0 Å². The zero-order chi connectivity index (χ0) is 12.0. The minimum atomic E-state index is -0.991. The highest BCUT2D eigenvalue weighted by Crippen LogP contribution is 1.92. The van der Waals surface area contributed by atoms with Gasteiger partial charge in [0, 0.05) is 0 Å². The Morgan fingerprint density at radius 3 is 3.00 bits per heavy atom. The van der Waals surface area contributed by atoms with Crippen molar-refractivity contribution < 1.29 is 14.7 Å². The number of nitrogens with zero attached hydrogens (tertiary/aromatic N) is 3. The molecule has 7 nitrogen and oxygen atoms in total. The highest BCUT2D eigenvalue weighted by molar-refractivity contribution is 5.87. The lowest BCUT2D eigenvalue weighted by Gasteiger charge is -1.96. The molecule has 0 bridgehead atoms. The van der Waals surface area contributed by atoms with E-state index in [1.807, 2.05) is 0 Å². The smallest absolute Gasteiger partial charge is 0.325 e. The summed E-state index contributed by atoms with van der Waals surface area (Å²) in [5, 5.41) is 18.4. The number of hydrogen-bond donors (Lipinski definition) is 2. The van der Waals surface area contributed by atoms with Crippen molar-refractivity contribution in [1.82, 2.24) is 20.3 Å². The van der Waals surface area contributed by atoms with Crippen molar-refractivity contribution in [3.63, 3.8) is 0 Å². The van der Waals surface area contributed by atoms with Crippen LogP contribution in [0.15, 0.2) is 18.3 Å². The van der Waals surface area contributed by atoms with Crippen LogP contribution in [0.2, 0.25) is 0 Å². The van der Waals surface area contributed by atoms with Gasteiger partial charge in [0.05, 0.1) is 12.7 Å². The van der Waals surface area contributed by atoms with Gasteiger partial charge >= 0.3 is 5.97 Å². The molecule has 0 atom stereocenters. The van der Waals surface area contributed by atoms with E-state index in [9.17, 15) is 9.59 Å². The van der Waals surface area contributed by atoms with Crippen molar-refractivity contribution in [3.8, 4) is 0 Å². The first-order valence-electron chi connectivity index (χ1n) is 4.63. The average molecular weight is 224 g/mol. The SMILES string of the molecule is C/C=C/C(=O)NCc1cn(CC(=O)O)nn1. The van der Waals surface area contributed by atoms with Gasteiger partial charge in [-0.1, -0.05) is 11.3 Å². The van der Waals surface area contributed by atoms with Crippen LogP contribution in [0.5, 0.6) is 0 Å². The number of amides is 1. The molecule has 1 heterocycles. The number of hydrogen-bond acceptors (Lipinski definition) is 4. The molecular formula is C9H12N4O3. The van der Waals surface area contributed by atoms with Gasteiger partial charge < -0.3 is 10.4 Å². The maximum atomic E-state index is 11.1. The van der Waals surface area contributed by atoms with Crippen molar-refractivity contribution >= 4 is 11.9 Å². The molecule has 0 unspecified atom stereocenters. The van der Waals surface area contributed by atoms with Crippen LogP contribution < -0.4 is 5.32 Å².